The fourth-order valence-corrected chi connectivity index (χ4v) is 3.19. The number of allylic oxidation sites excluding steroid dienone is 4. The minimum Gasteiger partial charge on any atom is -0.361 e. The van der Waals surface area contributed by atoms with Gasteiger partial charge in [0, 0.05) is 28.3 Å². The van der Waals surface area contributed by atoms with Gasteiger partial charge in [0.25, 0.3) is 0 Å². The minimum absolute atomic E-state index is 0.0778. The van der Waals surface area contributed by atoms with E-state index in [1.165, 1.54) is 11.3 Å². The molecule has 2 heterocycles. The van der Waals surface area contributed by atoms with Crippen LogP contribution in [0.2, 0.25) is 5.02 Å². The Morgan fingerprint density at radius 3 is 2.68 bits per heavy atom. The van der Waals surface area contributed by atoms with Crippen LogP contribution < -0.4 is 5.32 Å². The summed E-state index contributed by atoms with van der Waals surface area (Å²) in [7, 11) is 0. The third-order valence-corrected chi connectivity index (χ3v) is 4.21. The van der Waals surface area contributed by atoms with Gasteiger partial charge >= 0.3 is 0 Å². The molecule has 1 aliphatic rings. The van der Waals surface area contributed by atoms with Crippen molar-refractivity contribution in [3.63, 3.8) is 0 Å². The summed E-state index contributed by atoms with van der Waals surface area (Å²) in [5.41, 5.74) is 1.35. The van der Waals surface area contributed by atoms with Crippen molar-refractivity contribution in [2.75, 3.05) is 0 Å². The predicted octanol–water partition coefficient (Wildman–Crippen LogP) is 4.64. The number of carbonyl (C=O) groups excluding carboxylic acids is 1. The molecular weight excluding hydrogens is 278 g/mol. The number of Topliss-reactive ketones (excluding diaryl/α,β-unsaturated/α-hetero) is 1. The van der Waals surface area contributed by atoms with Gasteiger partial charge in [0.2, 0.25) is 0 Å². The molecule has 4 heteroatoms. The molecule has 2 nitrogen and oxygen atoms in total. The van der Waals surface area contributed by atoms with Gasteiger partial charge in [-0.3, -0.25) is 4.79 Å². The zero-order chi connectivity index (χ0) is 14.0. The summed E-state index contributed by atoms with van der Waals surface area (Å²) in [5, 5.41) is 5.62. The van der Waals surface area contributed by atoms with Crippen molar-refractivity contribution in [3.05, 3.63) is 51.3 Å². The third-order valence-electron chi connectivity index (χ3n) is 2.73. The molecule has 1 aromatic heterocycles. The molecule has 2 rings (SSSR count). The van der Waals surface area contributed by atoms with Gasteiger partial charge in [0.05, 0.1) is 9.90 Å². The van der Waals surface area contributed by atoms with E-state index >= 15 is 0 Å². The quantitative estimate of drug-likeness (QED) is 0.805. The molecule has 19 heavy (non-hydrogen) atoms. The van der Waals surface area contributed by atoms with Crippen LogP contribution in [0.5, 0.6) is 0 Å². The van der Waals surface area contributed by atoms with Crippen LogP contribution in [-0.4, -0.2) is 5.78 Å². The number of hydrogen-bond donors (Lipinski definition) is 1. The summed E-state index contributed by atoms with van der Waals surface area (Å²) in [5.74, 6) is 0.0778. The molecule has 0 bridgehead atoms. The summed E-state index contributed by atoms with van der Waals surface area (Å²) >= 11 is 7.77. The van der Waals surface area contributed by atoms with Crippen LogP contribution >= 0.6 is 22.9 Å². The van der Waals surface area contributed by atoms with Crippen LogP contribution in [0.15, 0.2) is 35.9 Å². The summed E-state index contributed by atoms with van der Waals surface area (Å²) in [6.45, 7) is 5.71. The second-order valence-corrected chi connectivity index (χ2v) is 6.60. The maximum absolute atomic E-state index is 12.3. The summed E-state index contributed by atoms with van der Waals surface area (Å²) < 4.78 is 0. The fourth-order valence-electron chi connectivity index (χ4n) is 1.64. The number of rotatable bonds is 2. The van der Waals surface area contributed by atoms with Crippen LogP contribution in [0.3, 0.4) is 0 Å². The van der Waals surface area contributed by atoms with Crippen LogP contribution in [0, 0.1) is 5.41 Å². The summed E-state index contributed by atoms with van der Waals surface area (Å²) in [6.07, 6.45) is 9.56. The van der Waals surface area contributed by atoms with Gasteiger partial charge in [0.15, 0.2) is 5.78 Å². The Morgan fingerprint density at radius 1 is 1.26 bits per heavy atom. The average molecular weight is 294 g/mol. The lowest BCUT2D eigenvalue weighted by Crippen LogP contribution is -2.19. The van der Waals surface area contributed by atoms with E-state index in [0.717, 1.165) is 11.3 Å². The zero-order valence-electron chi connectivity index (χ0n) is 11.2. The van der Waals surface area contributed by atoms with Crippen molar-refractivity contribution in [1.29, 1.82) is 0 Å². The lowest BCUT2D eigenvalue weighted by molar-refractivity contribution is 0.0863. The molecule has 1 aliphatic heterocycles. The van der Waals surface area contributed by atoms with Gasteiger partial charge < -0.3 is 5.32 Å². The van der Waals surface area contributed by atoms with Gasteiger partial charge in [-0.2, -0.15) is 0 Å². The maximum Gasteiger partial charge on any atom is 0.179 e. The van der Waals surface area contributed by atoms with Gasteiger partial charge in [0.1, 0.15) is 0 Å². The minimum atomic E-state index is -0.420. The molecule has 100 valence electrons. The lowest BCUT2D eigenvalue weighted by Gasteiger charge is -2.15. The van der Waals surface area contributed by atoms with E-state index in [1.807, 2.05) is 56.7 Å². The normalized spacial score (nSPS) is 14.8. The first-order chi connectivity index (χ1) is 8.91. The molecule has 0 aliphatic carbocycles. The highest BCUT2D eigenvalue weighted by Crippen LogP contribution is 2.36. The van der Waals surface area contributed by atoms with Crippen molar-refractivity contribution in [3.8, 4) is 0 Å². The Kier molecular flexibility index (Phi) is 3.97. The van der Waals surface area contributed by atoms with Crippen LogP contribution in [0.1, 0.15) is 36.0 Å². The number of thiophene rings is 1. The summed E-state index contributed by atoms with van der Waals surface area (Å²) in [6, 6.07) is 0. The lowest BCUT2D eigenvalue weighted by atomic mass is 9.90. The van der Waals surface area contributed by atoms with E-state index < -0.39 is 5.41 Å². The molecule has 0 atom stereocenters. The van der Waals surface area contributed by atoms with E-state index in [4.69, 9.17) is 11.6 Å². The van der Waals surface area contributed by atoms with Gasteiger partial charge in [-0.25, -0.2) is 0 Å². The first kappa shape index (κ1) is 14.1. The number of halogens is 1. The maximum atomic E-state index is 12.3. The van der Waals surface area contributed by atoms with Gasteiger partial charge in [-0.15, -0.1) is 11.3 Å². The molecular formula is C15H16ClNOS. The van der Waals surface area contributed by atoms with Gasteiger partial charge in [-0.05, 0) is 12.2 Å². The molecule has 0 amide bonds. The van der Waals surface area contributed by atoms with Crippen molar-refractivity contribution < 1.29 is 4.79 Å². The first-order valence-corrected chi connectivity index (χ1v) is 7.29. The fraction of sp³-hybridized carbons (Fsp3) is 0.267. The number of ketones is 1. The number of nitrogens with one attached hydrogen (secondary N) is 1. The molecule has 0 aromatic carbocycles. The van der Waals surface area contributed by atoms with E-state index in [9.17, 15) is 4.79 Å². The SMILES string of the molecule is CC(C)(C)C(=O)c1scc(C2=CC=CC=CN2)c1Cl. The van der Waals surface area contributed by atoms with Gasteiger partial charge in [-0.1, -0.05) is 44.5 Å². The summed E-state index contributed by atoms with van der Waals surface area (Å²) in [4.78, 5) is 12.9. The second kappa shape index (κ2) is 5.35. The van der Waals surface area contributed by atoms with E-state index in [-0.39, 0.29) is 5.78 Å². The monoisotopic (exact) mass is 293 g/mol. The Labute approximate surface area is 122 Å². The van der Waals surface area contributed by atoms with Crippen molar-refractivity contribution in [2.24, 2.45) is 5.41 Å². The van der Waals surface area contributed by atoms with Crippen LogP contribution in [0.25, 0.3) is 5.70 Å². The van der Waals surface area contributed by atoms with E-state index in [0.29, 0.717) is 9.90 Å². The molecule has 0 spiro atoms. The van der Waals surface area contributed by atoms with Crippen molar-refractivity contribution in [1.82, 2.24) is 5.32 Å². The number of hydrogen-bond acceptors (Lipinski definition) is 3. The molecule has 0 saturated heterocycles. The van der Waals surface area contributed by atoms with E-state index in [2.05, 4.69) is 5.32 Å². The predicted molar refractivity (Wildman–Crippen MR) is 82.5 cm³/mol. The Morgan fingerprint density at radius 2 is 2.00 bits per heavy atom. The average Bonchev–Trinajstić information content (AvgIpc) is 2.55. The zero-order valence-corrected chi connectivity index (χ0v) is 12.7. The van der Waals surface area contributed by atoms with E-state index in [1.54, 1.807) is 0 Å². The molecule has 0 unspecified atom stereocenters. The highest BCUT2D eigenvalue weighted by molar-refractivity contribution is 7.13. The largest absolute Gasteiger partial charge is 0.361 e. The Bertz CT molecular complexity index is 588. The number of carbonyl (C=O) groups is 1. The van der Waals surface area contributed by atoms with Crippen LogP contribution in [0.4, 0.5) is 0 Å². The Hall–Kier alpha value is -1.32. The topological polar surface area (TPSA) is 29.1 Å². The van der Waals surface area contributed by atoms with Crippen LogP contribution in [-0.2, 0) is 0 Å². The van der Waals surface area contributed by atoms with Crippen molar-refractivity contribution >= 4 is 34.4 Å². The first-order valence-electron chi connectivity index (χ1n) is 6.03. The molecule has 0 radical (unpaired) electrons. The molecule has 1 aromatic rings. The van der Waals surface area contributed by atoms with Crippen molar-refractivity contribution in [2.45, 2.75) is 20.8 Å². The third kappa shape index (κ3) is 2.99. The molecule has 0 fully saturated rings. The highest BCUT2D eigenvalue weighted by atomic mass is 35.5. The molecule has 1 N–H and O–H groups in total. The highest BCUT2D eigenvalue weighted by Gasteiger charge is 2.28. The Balaban J connectivity index is 2.39. The molecule has 0 saturated carbocycles. The smallest absolute Gasteiger partial charge is 0.179 e. The second-order valence-electron chi connectivity index (χ2n) is 5.34. The standard InChI is InChI=1S/C15H16ClNOS/c1-15(2,3)14(18)13-12(16)10(9-19-13)11-7-5-4-6-8-17-11/h4-9,17H,1-3H3.